The van der Waals surface area contributed by atoms with E-state index in [0.717, 1.165) is 34.0 Å². The number of thiazole rings is 1. The normalized spacial score (nSPS) is 14.8. The third-order valence-corrected chi connectivity index (χ3v) is 10.2. The van der Waals surface area contributed by atoms with Gasteiger partial charge < -0.3 is 14.0 Å². The lowest BCUT2D eigenvalue weighted by molar-refractivity contribution is -0.139. The van der Waals surface area contributed by atoms with Crippen molar-refractivity contribution in [2.75, 3.05) is 13.7 Å². The number of nitrogens with zero attached hydrogens (tertiary/aromatic N) is 3. The van der Waals surface area contributed by atoms with Gasteiger partial charge in [-0.05, 0) is 76.8 Å². The highest BCUT2D eigenvalue weighted by molar-refractivity contribution is 9.10. The van der Waals surface area contributed by atoms with Crippen molar-refractivity contribution in [3.63, 3.8) is 0 Å². The topological polar surface area (TPSA) is 74.8 Å². The lowest BCUT2D eigenvalue weighted by Gasteiger charge is -2.26. The van der Waals surface area contributed by atoms with Crippen LogP contribution < -0.4 is 19.6 Å². The first-order chi connectivity index (χ1) is 22.2. The van der Waals surface area contributed by atoms with Crippen LogP contribution in [0.3, 0.4) is 0 Å². The van der Waals surface area contributed by atoms with Crippen molar-refractivity contribution in [3.8, 4) is 5.75 Å². The molecule has 0 unspecified atom stereocenters. The van der Waals surface area contributed by atoms with Gasteiger partial charge >= 0.3 is 5.97 Å². The second-order valence-electron chi connectivity index (χ2n) is 10.8. The van der Waals surface area contributed by atoms with E-state index in [4.69, 9.17) is 37.7 Å². The summed E-state index contributed by atoms with van der Waals surface area (Å²) in [5.41, 5.74) is 4.42. The quantitative estimate of drug-likeness (QED) is 0.146. The number of para-hydroxylation sites is 1. The molecule has 1 aliphatic rings. The fourth-order valence-corrected chi connectivity index (χ4v) is 7.68. The summed E-state index contributed by atoms with van der Waals surface area (Å²) in [7, 11) is 1.59. The summed E-state index contributed by atoms with van der Waals surface area (Å²) in [4.78, 5) is 33.3. The molecule has 0 saturated heterocycles. The number of hydrogen-bond donors (Lipinski definition) is 0. The number of esters is 1. The first-order valence-electron chi connectivity index (χ1n) is 14.8. The average Bonchev–Trinajstić information content (AvgIpc) is 3.54. The fourth-order valence-electron chi connectivity index (χ4n) is 5.79. The number of ether oxygens (including phenoxy) is 2. The van der Waals surface area contributed by atoms with Crippen molar-refractivity contribution in [1.29, 1.82) is 0 Å². The summed E-state index contributed by atoms with van der Waals surface area (Å²) >= 11 is 17.4. The molecule has 2 aromatic heterocycles. The van der Waals surface area contributed by atoms with Crippen LogP contribution in [0.15, 0.2) is 92.4 Å². The molecular formula is C35H30BrCl2N3O4S. The zero-order valence-corrected chi connectivity index (χ0v) is 29.3. The predicted octanol–water partition coefficient (Wildman–Crippen LogP) is 7.66. The van der Waals surface area contributed by atoms with Crippen LogP contribution in [-0.4, -0.2) is 28.8 Å². The maximum Gasteiger partial charge on any atom is 0.338 e. The number of rotatable bonds is 9. The lowest BCUT2D eigenvalue weighted by Crippen LogP contribution is -2.40. The molecular weight excluding hydrogens is 709 g/mol. The average molecular weight is 740 g/mol. The number of aromatic nitrogens is 2. The molecule has 0 radical (unpaired) electrons. The van der Waals surface area contributed by atoms with Gasteiger partial charge in [-0.25, -0.2) is 9.79 Å². The molecule has 1 aliphatic heterocycles. The number of halogens is 3. The highest BCUT2D eigenvalue weighted by atomic mass is 79.9. The maximum absolute atomic E-state index is 14.3. The molecule has 0 amide bonds. The second-order valence-corrected chi connectivity index (χ2v) is 13.5. The molecule has 3 aromatic carbocycles. The zero-order valence-electron chi connectivity index (χ0n) is 25.4. The molecule has 46 heavy (non-hydrogen) atoms. The molecule has 7 nitrogen and oxygen atoms in total. The van der Waals surface area contributed by atoms with E-state index in [-0.39, 0.29) is 12.2 Å². The molecule has 6 rings (SSSR count). The van der Waals surface area contributed by atoms with Gasteiger partial charge in [0.1, 0.15) is 5.75 Å². The van der Waals surface area contributed by atoms with Crippen molar-refractivity contribution < 1.29 is 14.3 Å². The fraction of sp³-hybridized carbons (Fsp3) is 0.229. The van der Waals surface area contributed by atoms with E-state index >= 15 is 0 Å². The minimum absolute atomic E-state index is 0.206. The van der Waals surface area contributed by atoms with Crippen LogP contribution >= 0.6 is 50.5 Å². The molecule has 3 heterocycles. The number of hydrogen-bond acceptors (Lipinski definition) is 6. The van der Waals surface area contributed by atoms with Crippen molar-refractivity contribution in [2.24, 2.45) is 4.99 Å². The molecule has 5 aromatic rings. The largest absolute Gasteiger partial charge is 0.496 e. The van der Waals surface area contributed by atoms with Gasteiger partial charge in [0, 0.05) is 29.2 Å². The second kappa shape index (κ2) is 13.6. The Morgan fingerprint density at radius 1 is 1.09 bits per heavy atom. The van der Waals surface area contributed by atoms with Crippen molar-refractivity contribution in [3.05, 3.63) is 129 Å². The zero-order chi connectivity index (χ0) is 32.5. The molecule has 0 saturated carbocycles. The number of carbonyl (C=O) groups is 1. The van der Waals surface area contributed by atoms with Gasteiger partial charge in [0.2, 0.25) is 0 Å². The van der Waals surface area contributed by atoms with E-state index in [1.807, 2.05) is 67.7 Å². The van der Waals surface area contributed by atoms with Gasteiger partial charge in [-0.15, -0.1) is 0 Å². The number of carbonyl (C=O) groups excluding carboxylic acids is 1. The number of allylic oxidation sites excluding steroid dienone is 1. The van der Waals surface area contributed by atoms with E-state index in [0.29, 0.717) is 53.8 Å². The Morgan fingerprint density at radius 3 is 2.61 bits per heavy atom. The van der Waals surface area contributed by atoms with E-state index in [9.17, 15) is 9.59 Å². The highest BCUT2D eigenvalue weighted by Crippen LogP contribution is 2.36. The summed E-state index contributed by atoms with van der Waals surface area (Å²) in [6, 6.07) is 18.5. The first-order valence-corrected chi connectivity index (χ1v) is 17.2. The Kier molecular flexibility index (Phi) is 9.57. The predicted molar refractivity (Wildman–Crippen MR) is 188 cm³/mol. The minimum Gasteiger partial charge on any atom is -0.496 e. The van der Waals surface area contributed by atoms with E-state index in [1.54, 1.807) is 24.7 Å². The van der Waals surface area contributed by atoms with E-state index in [2.05, 4.69) is 26.6 Å². The van der Waals surface area contributed by atoms with Gasteiger partial charge in [0.05, 0.1) is 50.1 Å². The smallest absolute Gasteiger partial charge is 0.338 e. The van der Waals surface area contributed by atoms with Crippen LogP contribution in [0.5, 0.6) is 5.75 Å². The Labute approximate surface area is 288 Å². The number of benzene rings is 3. The maximum atomic E-state index is 14.3. The van der Waals surface area contributed by atoms with Gasteiger partial charge in [-0.1, -0.05) is 78.2 Å². The molecule has 0 N–H and O–H groups in total. The molecule has 11 heteroatoms. The number of methoxy groups -OCH3 is 1. The Morgan fingerprint density at radius 2 is 1.89 bits per heavy atom. The van der Waals surface area contributed by atoms with E-state index in [1.165, 1.54) is 11.3 Å². The van der Waals surface area contributed by atoms with Crippen LogP contribution in [0.25, 0.3) is 17.0 Å². The van der Waals surface area contributed by atoms with Crippen LogP contribution in [0.2, 0.25) is 10.0 Å². The monoisotopic (exact) mass is 737 g/mol. The summed E-state index contributed by atoms with van der Waals surface area (Å²) in [5.74, 6) is 0.162. The van der Waals surface area contributed by atoms with Crippen LogP contribution in [0.4, 0.5) is 0 Å². The Hall–Kier alpha value is -3.63. The Balaban J connectivity index is 1.54. The van der Waals surface area contributed by atoms with Crippen LogP contribution in [0.1, 0.15) is 49.4 Å². The van der Waals surface area contributed by atoms with Gasteiger partial charge in [0.15, 0.2) is 4.80 Å². The lowest BCUT2D eigenvalue weighted by atomic mass is 9.94. The summed E-state index contributed by atoms with van der Waals surface area (Å²) in [6.07, 6.45) is 5.28. The molecule has 0 fully saturated rings. The first kappa shape index (κ1) is 32.3. The van der Waals surface area contributed by atoms with Crippen LogP contribution in [-0.2, 0) is 16.1 Å². The van der Waals surface area contributed by atoms with Gasteiger partial charge in [-0.2, -0.15) is 0 Å². The van der Waals surface area contributed by atoms with Gasteiger partial charge in [-0.3, -0.25) is 9.36 Å². The van der Waals surface area contributed by atoms with Crippen molar-refractivity contribution >= 4 is 73.4 Å². The standard InChI is InChI=1S/C35H30BrCl2N3O4S/c1-4-8-27-31(34(43)45-5-2)32(21-12-14-29(44-3)24(36)16-21)41-33(42)30(46-35(41)39-27)17-22-19-40(28-10-7-6-9-23(22)28)18-20-11-13-25(37)26(38)15-20/h6-7,9-17,19,32H,4-5,8,18H2,1-3H3/b30-17+/t32-/m0/s1. The van der Waals surface area contributed by atoms with Crippen LogP contribution in [0, 0.1) is 0 Å². The molecule has 0 spiro atoms. The molecule has 0 aliphatic carbocycles. The molecule has 236 valence electrons. The van der Waals surface area contributed by atoms with Crippen molar-refractivity contribution in [1.82, 2.24) is 9.13 Å². The highest BCUT2D eigenvalue weighted by Gasteiger charge is 2.34. The molecule has 0 bridgehead atoms. The number of fused-ring (bicyclic) bond motifs is 2. The summed E-state index contributed by atoms with van der Waals surface area (Å²) in [5, 5.41) is 2.01. The van der Waals surface area contributed by atoms with Crippen molar-refractivity contribution in [2.45, 2.75) is 39.3 Å². The third kappa shape index (κ3) is 6.09. The SMILES string of the molecule is CCCC1=C(C(=O)OCC)[C@H](c2ccc(OC)c(Br)c2)n2c(s/c(=C/c3cn(Cc4ccc(Cl)c(Cl)c4)c4ccccc34)c2=O)=N1. The summed E-state index contributed by atoms with van der Waals surface area (Å²) in [6.45, 7) is 4.58. The van der Waals surface area contributed by atoms with E-state index < -0.39 is 12.0 Å². The Bertz CT molecular complexity index is 2200. The third-order valence-electron chi connectivity index (χ3n) is 7.83. The summed E-state index contributed by atoms with van der Waals surface area (Å²) < 4.78 is 15.9. The molecule has 1 atom stereocenters. The van der Waals surface area contributed by atoms with Gasteiger partial charge in [0.25, 0.3) is 5.56 Å². The minimum atomic E-state index is -0.725.